The van der Waals surface area contributed by atoms with Gasteiger partial charge in [-0.3, -0.25) is 0 Å². The minimum absolute atomic E-state index is 0.0548. The van der Waals surface area contributed by atoms with Crippen molar-refractivity contribution in [1.29, 1.82) is 0 Å². The molecule has 0 fully saturated rings. The van der Waals surface area contributed by atoms with E-state index in [4.69, 9.17) is 10.9 Å². The van der Waals surface area contributed by atoms with Gasteiger partial charge >= 0.3 is 0 Å². The smallest absolute Gasteiger partial charge is 0.171 e. The first-order valence-electron chi connectivity index (χ1n) is 4.73. The number of thiazole rings is 1. The molecule has 0 saturated carbocycles. The molecule has 0 amide bonds. The van der Waals surface area contributed by atoms with Crippen molar-refractivity contribution in [1.82, 2.24) is 9.97 Å². The van der Waals surface area contributed by atoms with Gasteiger partial charge in [0.15, 0.2) is 10.2 Å². The summed E-state index contributed by atoms with van der Waals surface area (Å²) in [7, 11) is 0. The van der Waals surface area contributed by atoms with Crippen LogP contribution in [0.1, 0.15) is 11.3 Å². The van der Waals surface area contributed by atoms with Crippen LogP contribution < -0.4 is 5.73 Å². The summed E-state index contributed by atoms with van der Waals surface area (Å²) < 4.78 is 0.951. The molecule has 0 radical (unpaired) electrons. The highest BCUT2D eigenvalue weighted by atomic mass is 32.2. The van der Waals surface area contributed by atoms with Crippen molar-refractivity contribution < 1.29 is 5.21 Å². The van der Waals surface area contributed by atoms with Gasteiger partial charge in [0.1, 0.15) is 5.03 Å². The van der Waals surface area contributed by atoms with Crippen LogP contribution in [0.25, 0.3) is 0 Å². The fourth-order valence-electron chi connectivity index (χ4n) is 1.12. The van der Waals surface area contributed by atoms with Gasteiger partial charge in [-0.25, -0.2) is 9.97 Å². The molecule has 0 saturated heterocycles. The molecule has 2 heterocycles. The maximum Gasteiger partial charge on any atom is 0.171 e. The second kappa shape index (κ2) is 5.15. The average molecular weight is 266 g/mol. The van der Waals surface area contributed by atoms with Crippen molar-refractivity contribution in [2.45, 2.75) is 16.3 Å². The molecule has 17 heavy (non-hydrogen) atoms. The first-order valence-corrected chi connectivity index (χ1v) is 6.42. The van der Waals surface area contributed by atoms with E-state index in [9.17, 15) is 0 Å². The Balaban J connectivity index is 2.13. The highest BCUT2D eigenvalue weighted by molar-refractivity contribution is 8.01. The number of rotatable bonds is 3. The molecule has 3 N–H and O–H groups in total. The van der Waals surface area contributed by atoms with Crippen molar-refractivity contribution in [3.63, 3.8) is 0 Å². The SMILES string of the molecule is Cc1csc(Sc2ccc(/C(N)=N/O)cn2)n1. The van der Waals surface area contributed by atoms with Gasteiger partial charge in [0.2, 0.25) is 0 Å². The Kier molecular flexibility index (Phi) is 3.60. The van der Waals surface area contributed by atoms with E-state index >= 15 is 0 Å². The lowest BCUT2D eigenvalue weighted by molar-refractivity contribution is 0.318. The molecule has 0 spiro atoms. The molecular weight excluding hydrogens is 256 g/mol. The summed E-state index contributed by atoms with van der Waals surface area (Å²) >= 11 is 3.07. The summed E-state index contributed by atoms with van der Waals surface area (Å²) in [6.07, 6.45) is 1.57. The molecule has 7 heteroatoms. The lowest BCUT2D eigenvalue weighted by Gasteiger charge is -1.99. The first-order chi connectivity index (χ1) is 8.19. The molecular formula is C10H10N4OS2. The number of hydrogen-bond donors (Lipinski definition) is 2. The number of nitrogens with two attached hydrogens (primary N) is 1. The average Bonchev–Trinajstić information content (AvgIpc) is 2.75. The maximum atomic E-state index is 8.52. The Morgan fingerprint density at radius 3 is 2.88 bits per heavy atom. The minimum Gasteiger partial charge on any atom is -0.409 e. The van der Waals surface area contributed by atoms with Crippen LogP contribution in [0.15, 0.2) is 38.2 Å². The second-order valence-electron chi connectivity index (χ2n) is 3.23. The topological polar surface area (TPSA) is 84.4 Å². The van der Waals surface area contributed by atoms with E-state index < -0.39 is 0 Å². The summed E-state index contributed by atoms with van der Waals surface area (Å²) in [5.74, 6) is 0.0548. The van der Waals surface area contributed by atoms with Crippen molar-refractivity contribution in [2.75, 3.05) is 0 Å². The van der Waals surface area contributed by atoms with Crippen LogP contribution in [-0.4, -0.2) is 21.0 Å². The fourth-order valence-corrected chi connectivity index (χ4v) is 2.84. The van der Waals surface area contributed by atoms with E-state index in [0.29, 0.717) is 5.56 Å². The van der Waals surface area contributed by atoms with Crippen LogP contribution in [0.2, 0.25) is 0 Å². The predicted octanol–water partition coefficient (Wildman–Crippen LogP) is 2.09. The van der Waals surface area contributed by atoms with Gasteiger partial charge in [0.25, 0.3) is 0 Å². The summed E-state index contributed by atoms with van der Waals surface area (Å²) in [5, 5.41) is 14.3. The summed E-state index contributed by atoms with van der Waals surface area (Å²) in [6.45, 7) is 1.95. The van der Waals surface area contributed by atoms with Crippen LogP contribution in [0.4, 0.5) is 0 Å². The zero-order valence-corrected chi connectivity index (χ0v) is 10.6. The summed E-state index contributed by atoms with van der Waals surface area (Å²) in [4.78, 5) is 8.54. The lowest BCUT2D eigenvalue weighted by Crippen LogP contribution is -2.13. The Hall–Kier alpha value is -1.60. The predicted molar refractivity (Wildman–Crippen MR) is 67.7 cm³/mol. The van der Waals surface area contributed by atoms with Gasteiger partial charge in [0.05, 0.1) is 0 Å². The highest BCUT2D eigenvalue weighted by Gasteiger charge is 2.04. The number of oxime groups is 1. The van der Waals surface area contributed by atoms with Crippen LogP contribution in [0.5, 0.6) is 0 Å². The normalized spacial score (nSPS) is 11.7. The molecule has 2 rings (SSSR count). The van der Waals surface area contributed by atoms with Gasteiger partial charge in [-0.15, -0.1) is 11.3 Å². The number of aromatic nitrogens is 2. The number of aryl methyl sites for hydroxylation is 1. The number of nitrogens with zero attached hydrogens (tertiary/aromatic N) is 3. The van der Waals surface area contributed by atoms with Crippen molar-refractivity contribution >= 4 is 28.9 Å². The fraction of sp³-hybridized carbons (Fsp3) is 0.100. The summed E-state index contributed by atoms with van der Waals surface area (Å²) in [6, 6.07) is 3.57. The molecule has 0 aliphatic heterocycles. The van der Waals surface area contributed by atoms with Gasteiger partial charge in [-0.1, -0.05) is 5.16 Å². The third-order valence-electron chi connectivity index (χ3n) is 1.93. The van der Waals surface area contributed by atoms with Crippen LogP contribution >= 0.6 is 23.1 Å². The Labute approximate surface area is 106 Å². The van der Waals surface area contributed by atoms with E-state index in [1.807, 2.05) is 18.4 Å². The third-order valence-corrected chi connectivity index (χ3v) is 3.94. The zero-order valence-electron chi connectivity index (χ0n) is 8.99. The van der Waals surface area contributed by atoms with E-state index in [-0.39, 0.29) is 5.84 Å². The quantitative estimate of drug-likeness (QED) is 0.384. The molecule has 0 aliphatic carbocycles. The first kappa shape index (κ1) is 11.9. The number of pyridine rings is 1. The maximum absolute atomic E-state index is 8.52. The van der Waals surface area contributed by atoms with E-state index in [2.05, 4.69) is 15.1 Å². The molecule has 2 aromatic rings. The van der Waals surface area contributed by atoms with Crippen molar-refractivity contribution in [3.8, 4) is 0 Å². The Morgan fingerprint density at radius 2 is 2.35 bits per heavy atom. The van der Waals surface area contributed by atoms with Gasteiger partial charge < -0.3 is 10.9 Å². The third kappa shape index (κ3) is 2.95. The molecule has 0 atom stereocenters. The van der Waals surface area contributed by atoms with E-state index in [0.717, 1.165) is 15.1 Å². The molecule has 88 valence electrons. The van der Waals surface area contributed by atoms with E-state index in [1.54, 1.807) is 23.6 Å². The van der Waals surface area contributed by atoms with Crippen molar-refractivity contribution in [2.24, 2.45) is 10.9 Å². The monoisotopic (exact) mass is 266 g/mol. The number of amidine groups is 1. The largest absolute Gasteiger partial charge is 0.409 e. The number of hydrogen-bond acceptors (Lipinski definition) is 6. The molecule has 2 aromatic heterocycles. The molecule has 0 bridgehead atoms. The van der Waals surface area contributed by atoms with Gasteiger partial charge in [-0.05, 0) is 30.8 Å². The zero-order chi connectivity index (χ0) is 12.3. The molecule has 5 nitrogen and oxygen atoms in total. The summed E-state index contributed by atoms with van der Waals surface area (Å²) in [5.41, 5.74) is 7.04. The minimum atomic E-state index is 0.0548. The molecule has 0 aromatic carbocycles. The van der Waals surface area contributed by atoms with Gasteiger partial charge in [0, 0.05) is 22.8 Å². The van der Waals surface area contributed by atoms with Crippen molar-refractivity contribution in [3.05, 3.63) is 35.0 Å². The highest BCUT2D eigenvalue weighted by Crippen LogP contribution is 2.28. The standard InChI is InChI=1S/C10H10N4OS2/c1-6-5-16-10(13-6)17-8-3-2-7(4-12-8)9(11)14-15/h2-5,15H,1H3,(H2,11,14). The Morgan fingerprint density at radius 1 is 1.53 bits per heavy atom. The molecule has 0 unspecified atom stereocenters. The van der Waals surface area contributed by atoms with Crippen LogP contribution in [-0.2, 0) is 0 Å². The van der Waals surface area contributed by atoms with Crippen LogP contribution in [0.3, 0.4) is 0 Å². The van der Waals surface area contributed by atoms with Gasteiger partial charge in [-0.2, -0.15) is 0 Å². The lowest BCUT2D eigenvalue weighted by atomic mass is 10.3. The van der Waals surface area contributed by atoms with E-state index in [1.165, 1.54) is 11.8 Å². The molecule has 0 aliphatic rings. The Bertz CT molecular complexity index is 535. The second-order valence-corrected chi connectivity index (χ2v) is 5.35. The van der Waals surface area contributed by atoms with Crippen LogP contribution in [0, 0.1) is 6.92 Å².